The molecule has 10 heteroatoms. The quantitative estimate of drug-likeness (QED) is 0.733. The molecule has 21 heavy (non-hydrogen) atoms. The van der Waals surface area contributed by atoms with Gasteiger partial charge in [0, 0.05) is 24.3 Å². The van der Waals surface area contributed by atoms with Crippen molar-refractivity contribution in [3.63, 3.8) is 0 Å². The minimum atomic E-state index is -3.99. The number of rotatable bonds is 6. The monoisotopic (exact) mass is 333 g/mol. The Morgan fingerprint density at radius 3 is 2.67 bits per heavy atom. The molecule has 116 valence electrons. The molecule has 2 aromatic rings. The lowest BCUT2D eigenvalue weighted by Crippen LogP contribution is -2.13. The zero-order valence-electron chi connectivity index (χ0n) is 11.9. The summed E-state index contributed by atoms with van der Waals surface area (Å²) in [5, 5.41) is 11.7. The Morgan fingerprint density at radius 2 is 2.10 bits per heavy atom. The number of aryl methyl sites for hydroxylation is 2. The number of methoxy groups -OCH3 is 1. The minimum absolute atomic E-state index is 0.272. The summed E-state index contributed by atoms with van der Waals surface area (Å²) in [6.07, 6.45) is 0. The van der Waals surface area contributed by atoms with Gasteiger partial charge in [-0.2, -0.15) is 5.10 Å². The number of hydrogen-bond donors (Lipinski definition) is 0. The molecule has 0 radical (unpaired) electrons. The van der Waals surface area contributed by atoms with E-state index >= 15 is 0 Å². The summed E-state index contributed by atoms with van der Waals surface area (Å²) in [7, 11) is 2.95. The molecule has 2 heterocycles. The summed E-state index contributed by atoms with van der Waals surface area (Å²) < 4.78 is 31.4. The van der Waals surface area contributed by atoms with Crippen LogP contribution in [0.1, 0.15) is 12.6 Å². The molecular weight excluding hydrogens is 318 g/mol. The van der Waals surface area contributed by atoms with Gasteiger partial charge in [0.1, 0.15) is 5.69 Å². The van der Waals surface area contributed by atoms with Crippen LogP contribution >= 0.6 is 10.7 Å². The molecule has 0 saturated carbocycles. The smallest absolute Gasteiger partial charge is 0.296 e. The van der Waals surface area contributed by atoms with Gasteiger partial charge in [0.25, 0.3) is 14.2 Å². The maximum atomic E-state index is 11.6. The molecule has 0 aliphatic rings. The molecule has 0 saturated heterocycles. The zero-order chi connectivity index (χ0) is 15.6. The fourth-order valence-electron chi connectivity index (χ4n) is 2.01. The van der Waals surface area contributed by atoms with Crippen LogP contribution < -0.4 is 0 Å². The van der Waals surface area contributed by atoms with Crippen LogP contribution in [0.4, 0.5) is 0 Å². The summed E-state index contributed by atoms with van der Waals surface area (Å²) in [6, 6.07) is 1.82. The first-order chi connectivity index (χ1) is 9.88. The average Bonchev–Trinajstić information content (AvgIpc) is 2.98. The van der Waals surface area contributed by atoms with E-state index in [-0.39, 0.29) is 11.7 Å². The lowest BCUT2D eigenvalue weighted by atomic mass is 10.3. The van der Waals surface area contributed by atoms with Gasteiger partial charge in [0.15, 0.2) is 5.82 Å². The number of hydrogen-bond acceptors (Lipinski definition) is 6. The molecule has 0 bridgehead atoms. The third kappa shape index (κ3) is 3.25. The van der Waals surface area contributed by atoms with Gasteiger partial charge in [-0.1, -0.05) is 0 Å². The van der Waals surface area contributed by atoms with Gasteiger partial charge in [-0.3, -0.25) is 9.25 Å². The Kier molecular flexibility index (Phi) is 4.64. The summed E-state index contributed by atoms with van der Waals surface area (Å²) in [6.45, 7) is 5.00. The van der Waals surface area contributed by atoms with Crippen LogP contribution in [0.15, 0.2) is 11.2 Å². The molecule has 0 unspecified atom stereocenters. The van der Waals surface area contributed by atoms with Crippen LogP contribution in [-0.4, -0.2) is 46.7 Å². The van der Waals surface area contributed by atoms with E-state index in [9.17, 15) is 8.42 Å². The normalized spacial score (nSPS) is 12.0. The Bertz CT molecular complexity index is 737. The standard InChI is InChI=1S/C11H16ClN5O3S/c1-4-17-9(7-8(2)15-17)10-13-14-11(21(12,18)19)16(10)5-6-20-3/h7H,4-6H2,1-3H3. The van der Waals surface area contributed by atoms with Crippen LogP contribution in [0.3, 0.4) is 0 Å². The second kappa shape index (κ2) is 6.12. The summed E-state index contributed by atoms with van der Waals surface area (Å²) in [5.41, 5.74) is 1.49. The van der Waals surface area contributed by atoms with Gasteiger partial charge in [-0.15, -0.1) is 10.2 Å². The van der Waals surface area contributed by atoms with Crippen molar-refractivity contribution in [1.82, 2.24) is 24.5 Å². The van der Waals surface area contributed by atoms with Crippen molar-refractivity contribution in [3.05, 3.63) is 11.8 Å². The van der Waals surface area contributed by atoms with Crippen molar-refractivity contribution in [2.24, 2.45) is 0 Å². The number of aromatic nitrogens is 5. The van der Waals surface area contributed by atoms with Crippen LogP contribution in [0.5, 0.6) is 0 Å². The predicted octanol–water partition coefficient (Wildman–Crippen LogP) is 1.04. The van der Waals surface area contributed by atoms with Crippen molar-refractivity contribution in [1.29, 1.82) is 0 Å². The van der Waals surface area contributed by atoms with Crippen LogP contribution in [0.25, 0.3) is 11.5 Å². The van der Waals surface area contributed by atoms with Crippen molar-refractivity contribution >= 4 is 19.7 Å². The molecule has 0 aliphatic heterocycles. The summed E-state index contributed by atoms with van der Waals surface area (Å²) in [5.74, 6) is 0.397. The lowest BCUT2D eigenvalue weighted by Gasteiger charge is -2.09. The highest BCUT2D eigenvalue weighted by atomic mass is 35.7. The number of ether oxygens (including phenoxy) is 1. The SMILES string of the molecule is CCn1nc(C)cc1-c1nnc(S(=O)(=O)Cl)n1CCOC. The van der Waals surface area contributed by atoms with Crippen molar-refractivity contribution in [2.75, 3.05) is 13.7 Å². The Hall–Kier alpha value is -1.45. The van der Waals surface area contributed by atoms with E-state index in [4.69, 9.17) is 15.4 Å². The van der Waals surface area contributed by atoms with E-state index in [2.05, 4.69) is 15.3 Å². The van der Waals surface area contributed by atoms with E-state index in [1.807, 2.05) is 19.9 Å². The molecule has 0 spiro atoms. The average molecular weight is 334 g/mol. The second-order valence-corrected chi connectivity index (χ2v) is 6.83. The van der Waals surface area contributed by atoms with Gasteiger partial charge in [-0.25, -0.2) is 8.42 Å². The first kappa shape index (κ1) is 15.9. The third-order valence-electron chi connectivity index (χ3n) is 2.88. The molecule has 2 rings (SSSR count). The van der Waals surface area contributed by atoms with Crippen molar-refractivity contribution in [3.8, 4) is 11.5 Å². The molecule has 0 amide bonds. The van der Waals surface area contributed by atoms with E-state index in [1.54, 1.807) is 4.68 Å². The van der Waals surface area contributed by atoms with Gasteiger partial charge in [0.2, 0.25) is 0 Å². The van der Waals surface area contributed by atoms with E-state index < -0.39 is 9.05 Å². The molecule has 0 N–H and O–H groups in total. The second-order valence-electron chi connectivity index (χ2n) is 4.38. The fourth-order valence-corrected chi connectivity index (χ4v) is 2.93. The van der Waals surface area contributed by atoms with Crippen LogP contribution in [0.2, 0.25) is 0 Å². The topological polar surface area (TPSA) is 91.9 Å². The highest BCUT2D eigenvalue weighted by Gasteiger charge is 2.25. The van der Waals surface area contributed by atoms with E-state index in [0.717, 1.165) is 5.69 Å². The first-order valence-electron chi connectivity index (χ1n) is 6.30. The van der Waals surface area contributed by atoms with Crippen molar-refractivity contribution in [2.45, 2.75) is 32.1 Å². The molecule has 0 aromatic carbocycles. The van der Waals surface area contributed by atoms with Gasteiger partial charge in [-0.05, 0) is 19.9 Å². The number of halogens is 1. The largest absolute Gasteiger partial charge is 0.383 e. The molecule has 8 nitrogen and oxygen atoms in total. The first-order valence-corrected chi connectivity index (χ1v) is 8.61. The summed E-state index contributed by atoms with van der Waals surface area (Å²) >= 11 is 0. The molecule has 0 fully saturated rings. The van der Waals surface area contributed by atoms with E-state index in [0.29, 0.717) is 24.7 Å². The Labute approximate surface area is 127 Å². The Balaban J connectivity index is 2.60. The van der Waals surface area contributed by atoms with Crippen LogP contribution in [-0.2, 0) is 26.9 Å². The lowest BCUT2D eigenvalue weighted by molar-refractivity contribution is 0.185. The minimum Gasteiger partial charge on any atom is -0.383 e. The predicted molar refractivity (Wildman–Crippen MR) is 76.6 cm³/mol. The fraction of sp³-hybridized carbons (Fsp3) is 0.545. The maximum Gasteiger partial charge on any atom is 0.296 e. The van der Waals surface area contributed by atoms with Crippen LogP contribution in [0, 0.1) is 6.92 Å². The molecule has 2 aromatic heterocycles. The summed E-state index contributed by atoms with van der Waals surface area (Å²) in [4.78, 5) is 0. The van der Waals surface area contributed by atoms with Crippen molar-refractivity contribution < 1.29 is 13.2 Å². The highest BCUT2D eigenvalue weighted by molar-refractivity contribution is 8.13. The van der Waals surface area contributed by atoms with E-state index in [1.165, 1.54) is 11.7 Å². The van der Waals surface area contributed by atoms with Gasteiger partial charge >= 0.3 is 0 Å². The maximum absolute atomic E-state index is 11.6. The third-order valence-corrected chi connectivity index (χ3v) is 4.04. The highest BCUT2D eigenvalue weighted by Crippen LogP contribution is 2.23. The molecular formula is C11H16ClN5O3S. The molecule has 0 atom stereocenters. The number of nitrogens with zero attached hydrogens (tertiary/aromatic N) is 5. The van der Waals surface area contributed by atoms with Gasteiger partial charge < -0.3 is 4.74 Å². The molecule has 0 aliphatic carbocycles. The zero-order valence-corrected chi connectivity index (χ0v) is 13.5. The Morgan fingerprint density at radius 1 is 1.38 bits per heavy atom. The van der Waals surface area contributed by atoms with Gasteiger partial charge in [0.05, 0.1) is 18.8 Å².